The molecule has 0 aliphatic heterocycles. The van der Waals surface area contributed by atoms with Crippen LogP contribution in [0.15, 0.2) is 35.7 Å². The number of nitrogens with one attached hydrogen (secondary N) is 1. The van der Waals surface area contributed by atoms with Crippen molar-refractivity contribution in [3.05, 3.63) is 46.4 Å². The number of phenolic OH excluding ortho intramolecular Hbond substituents is 1. The fourth-order valence-electron chi connectivity index (χ4n) is 1.77. The molecule has 0 unspecified atom stereocenters. The van der Waals surface area contributed by atoms with Crippen molar-refractivity contribution >= 4 is 70.7 Å². The molecule has 10 heteroatoms. The molecule has 3 aromatic rings. The molecule has 0 aliphatic rings. The number of nitrogens with zero attached hydrogens (tertiary/aromatic N) is 2. The van der Waals surface area contributed by atoms with Crippen LogP contribution >= 0.6 is 70.7 Å². The van der Waals surface area contributed by atoms with Crippen LogP contribution in [0, 0.1) is 0 Å². The summed E-state index contributed by atoms with van der Waals surface area (Å²) in [6, 6.07) is 4.41. The average Bonchev–Trinajstić information content (AvgIpc) is 2.97. The van der Waals surface area contributed by atoms with Crippen molar-refractivity contribution in [1.29, 1.82) is 0 Å². The van der Waals surface area contributed by atoms with Crippen LogP contribution in [0.4, 0.5) is 0 Å². The molecule has 2 N–H and O–H groups in total. The number of hydrogen-bond acceptors (Lipinski definition) is 4. The number of rotatable bonds is 2. The quantitative estimate of drug-likeness (QED) is 0.494. The highest BCUT2D eigenvalue weighted by Gasteiger charge is 2.19. The van der Waals surface area contributed by atoms with Crippen LogP contribution in [0.5, 0.6) is 5.75 Å². The molecule has 114 valence electrons. The van der Waals surface area contributed by atoms with Crippen molar-refractivity contribution in [2.24, 2.45) is 0 Å². The first-order valence-corrected chi connectivity index (χ1v) is 9.27. The molecule has 5 nitrogen and oxygen atoms in total. The van der Waals surface area contributed by atoms with Crippen LogP contribution < -0.4 is 5.69 Å². The summed E-state index contributed by atoms with van der Waals surface area (Å²) in [4.78, 5) is 15.6. The zero-order chi connectivity index (χ0) is 16.0. The van der Waals surface area contributed by atoms with Gasteiger partial charge in [-0.1, -0.05) is 11.6 Å². The van der Waals surface area contributed by atoms with E-state index < -0.39 is 5.69 Å². The van der Waals surface area contributed by atoms with Crippen molar-refractivity contribution in [2.75, 3.05) is 0 Å². The molecule has 1 aromatic carbocycles. The number of benzene rings is 1. The topological polar surface area (TPSA) is 70.9 Å². The molecule has 22 heavy (non-hydrogen) atoms. The lowest BCUT2D eigenvalue weighted by molar-refractivity contribution is 0.470. The normalized spacial score (nSPS) is 11.1. The molecule has 0 bridgehead atoms. The van der Waals surface area contributed by atoms with Gasteiger partial charge in [0.15, 0.2) is 5.82 Å². The number of hydrogen-bond donors (Lipinski definition) is 2. The first kappa shape index (κ1) is 16.3. The van der Waals surface area contributed by atoms with Gasteiger partial charge in [-0.05, 0) is 66.0 Å². The Bertz CT molecular complexity index is 934. The van der Waals surface area contributed by atoms with E-state index in [-0.39, 0.29) is 11.4 Å². The second-order valence-corrected chi connectivity index (χ2v) is 8.52. The maximum atomic E-state index is 12.1. The predicted molar refractivity (Wildman–Crippen MR) is 97.3 cm³/mol. The number of halogens is 4. The van der Waals surface area contributed by atoms with E-state index in [2.05, 4.69) is 57.9 Å². The van der Waals surface area contributed by atoms with Crippen LogP contribution in [0.1, 0.15) is 0 Å². The molecular weight excluding hydrogens is 525 g/mol. The fourth-order valence-corrected chi connectivity index (χ4v) is 4.97. The molecule has 0 atom stereocenters. The smallest absolute Gasteiger partial charge is 0.348 e. The summed E-state index contributed by atoms with van der Waals surface area (Å²) in [6.45, 7) is 0. The Hall–Kier alpha value is -0.610. The Balaban J connectivity index is 2.18. The number of thiophene rings is 1. The van der Waals surface area contributed by atoms with Crippen LogP contribution in [-0.4, -0.2) is 19.9 Å². The lowest BCUT2D eigenvalue weighted by Gasteiger charge is -2.02. The maximum Gasteiger partial charge on any atom is 0.348 e. The van der Waals surface area contributed by atoms with Crippen molar-refractivity contribution < 1.29 is 5.11 Å². The molecule has 0 spiro atoms. The summed E-state index contributed by atoms with van der Waals surface area (Å²) in [5, 5.41) is 14.5. The first-order chi connectivity index (χ1) is 10.4. The first-order valence-electron chi connectivity index (χ1n) is 5.70. The number of aromatic amines is 1. The van der Waals surface area contributed by atoms with Crippen LogP contribution in [0.25, 0.3) is 16.4 Å². The van der Waals surface area contributed by atoms with Gasteiger partial charge in [-0.3, -0.25) is 4.98 Å². The number of aromatic nitrogens is 3. The monoisotopic (exact) mass is 527 g/mol. The molecule has 3 rings (SSSR count). The standard InChI is InChI=1S/C12H5Br3ClN3O2S/c13-7-8(14)10(15)22-9(7)11-17-12(21)19(18-11)5-3-4(16)1-2-6(5)20/h1-3,20H,(H,17,18,21). The van der Waals surface area contributed by atoms with Gasteiger partial charge in [0.1, 0.15) is 11.4 Å². The highest BCUT2D eigenvalue weighted by atomic mass is 79.9. The van der Waals surface area contributed by atoms with Gasteiger partial charge in [0.25, 0.3) is 0 Å². The van der Waals surface area contributed by atoms with Crippen molar-refractivity contribution in [2.45, 2.75) is 0 Å². The van der Waals surface area contributed by atoms with E-state index in [1.54, 1.807) is 0 Å². The van der Waals surface area contributed by atoms with Crippen molar-refractivity contribution in [3.63, 3.8) is 0 Å². The van der Waals surface area contributed by atoms with Crippen LogP contribution in [0.2, 0.25) is 5.02 Å². The highest BCUT2D eigenvalue weighted by Crippen LogP contribution is 2.45. The highest BCUT2D eigenvalue weighted by molar-refractivity contribution is 9.14. The Morgan fingerprint density at radius 1 is 1.27 bits per heavy atom. The molecule has 0 fully saturated rings. The second kappa shape index (κ2) is 6.12. The third kappa shape index (κ3) is 2.80. The Kier molecular flexibility index (Phi) is 4.52. The number of H-pyrrole nitrogens is 1. The molecule has 0 saturated carbocycles. The van der Waals surface area contributed by atoms with Gasteiger partial charge in [-0.2, -0.15) is 4.68 Å². The third-order valence-corrected chi connectivity index (χ3v) is 8.03. The maximum absolute atomic E-state index is 12.1. The Morgan fingerprint density at radius 2 is 2.00 bits per heavy atom. The van der Waals surface area contributed by atoms with E-state index in [0.29, 0.717) is 10.8 Å². The van der Waals surface area contributed by atoms with E-state index in [0.717, 1.165) is 22.3 Å². The minimum atomic E-state index is -0.472. The zero-order valence-corrected chi connectivity index (χ0v) is 16.7. The van der Waals surface area contributed by atoms with Gasteiger partial charge in [0, 0.05) is 5.02 Å². The van der Waals surface area contributed by atoms with Gasteiger partial charge in [-0.25, -0.2) is 4.79 Å². The summed E-state index contributed by atoms with van der Waals surface area (Å²) >= 11 is 17.6. The molecular formula is C12H5Br3ClN3O2S. The van der Waals surface area contributed by atoms with Gasteiger partial charge in [0.2, 0.25) is 0 Å². The summed E-state index contributed by atoms with van der Waals surface area (Å²) in [6.07, 6.45) is 0. The number of aromatic hydroxyl groups is 1. The van der Waals surface area contributed by atoms with Gasteiger partial charge in [0.05, 0.1) is 17.6 Å². The van der Waals surface area contributed by atoms with E-state index in [9.17, 15) is 9.90 Å². The van der Waals surface area contributed by atoms with E-state index in [4.69, 9.17) is 11.6 Å². The molecule has 0 aliphatic carbocycles. The van der Waals surface area contributed by atoms with E-state index >= 15 is 0 Å². The summed E-state index contributed by atoms with van der Waals surface area (Å²) in [7, 11) is 0. The lowest BCUT2D eigenvalue weighted by Crippen LogP contribution is -2.16. The molecule has 0 radical (unpaired) electrons. The van der Waals surface area contributed by atoms with Gasteiger partial charge >= 0.3 is 5.69 Å². The Morgan fingerprint density at radius 3 is 2.64 bits per heavy atom. The Labute approximate surface area is 158 Å². The fraction of sp³-hybridized carbons (Fsp3) is 0. The SMILES string of the molecule is O=c1[nH]c(-c2sc(Br)c(Br)c2Br)nn1-c1cc(Cl)ccc1O. The van der Waals surface area contributed by atoms with Gasteiger partial charge in [-0.15, -0.1) is 16.4 Å². The van der Waals surface area contributed by atoms with Gasteiger partial charge < -0.3 is 5.11 Å². The second-order valence-electron chi connectivity index (χ2n) is 4.16. The number of phenols is 1. The lowest BCUT2D eigenvalue weighted by atomic mass is 10.3. The average molecular weight is 530 g/mol. The van der Waals surface area contributed by atoms with Crippen LogP contribution in [-0.2, 0) is 0 Å². The third-order valence-electron chi connectivity index (χ3n) is 2.75. The predicted octanol–water partition coefficient (Wildman–Crippen LogP) is 4.94. The zero-order valence-electron chi connectivity index (χ0n) is 10.4. The molecule has 0 saturated heterocycles. The summed E-state index contributed by atoms with van der Waals surface area (Å²) < 4.78 is 3.56. The van der Waals surface area contributed by atoms with Crippen molar-refractivity contribution in [1.82, 2.24) is 14.8 Å². The molecule has 2 aromatic heterocycles. The summed E-state index contributed by atoms with van der Waals surface area (Å²) in [5.41, 5.74) is -0.258. The minimum absolute atomic E-state index is 0.0860. The van der Waals surface area contributed by atoms with Crippen LogP contribution in [0.3, 0.4) is 0 Å². The largest absolute Gasteiger partial charge is 0.506 e. The minimum Gasteiger partial charge on any atom is -0.506 e. The summed E-state index contributed by atoms with van der Waals surface area (Å²) in [5.74, 6) is 0.296. The molecule has 2 heterocycles. The van der Waals surface area contributed by atoms with E-state index in [1.165, 1.54) is 29.5 Å². The van der Waals surface area contributed by atoms with Crippen molar-refractivity contribution in [3.8, 4) is 22.1 Å². The van der Waals surface area contributed by atoms with E-state index in [1.807, 2.05) is 0 Å². The molecule has 0 amide bonds.